The number of nitrogens with zero attached hydrogens (tertiary/aromatic N) is 3. The zero-order valence-electron chi connectivity index (χ0n) is 10.6. The zero-order valence-corrected chi connectivity index (χ0v) is 10.6. The molecule has 3 N–H and O–H groups in total. The quantitative estimate of drug-likeness (QED) is 0.618. The number of anilines is 1. The molecule has 0 saturated heterocycles. The van der Waals surface area contributed by atoms with E-state index in [1.165, 1.54) is 25.2 Å². The smallest absolute Gasteiger partial charge is 0.274 e. The third kappa shape index (κ3) is 2.59. The number of hydrazine groups is 1. The molecule has 6 nitrogen and oxygen atoms in total. The van der Waals surface area contributed by atoms with Crippen molar-refractivity contribution in [3.8, 4) is 0 Å². The lowest BCUT2D eigenvalue weighted by Gasteiger charge is -2.27. The highest BCUT2D eigenvalue weighted by Gasteiger charge is 2.26. The average molecular weight is 249 g/mol. The van der Waals surface area contributed by atoms with Crippen LogP contribution in [0.3, 0.4) is 0 Å². The molecular weight excluding hydrogens is 230 g/mol. The van der Waals surface area contributed by atoms with Crippen molar-refractivity contribution < 1.29 is 4.79 Å². The molecule has 18 heavy (non-hydrogen) atoms. The van der Waals surface area contributed by atoms with Crippen LogP contribution >= 0.6 is 0 Å². The second-order valence-corrected chi connectivity index (χ2v) is 4.46. The molecule has 1 fully saturated rings. The summed E-state index contributed by atoms with van der Waals surface area (Å²) in [6.45, 7) is 2.71. The van der Waals surface area contributed by atoms with Gasteiger partial charge in [0.1, 0.15) is 5.69 Å². The van der Waals surface area contributed by atoms with E-state index in [1.807, 2.05) is 11.8 Å². The summed E-state index contributed by atoms with van der Waals surface area (Å²) in [5.41, 5.74) is 2.77. The lowest BCUT2D eigenvalue weighted by Crippen LogP contribution is -2.39. The van der Waals surface area contributed by atoms with E-state index in [4.69, 9.17) is 5.84 Å². The summed E-state index contributed by atoms with van der Waals surface area (Å²) < 4.78 is 0. The Balaban J connectivity index is 2.11. The van der Waals surface area contributed by atoms with Crippen molar-refractivity contribution in [1.82, 2.24) is 14.9 Å². The predicted molar refractivity (Wildman–Crippen MR) is 68.8 cm³/mol. The maximum atomic E-state index is 12.3. The van der Waals surface area contributed by atoms with Crippen molar-refractivity contribution in [3.63, 3.8) is 0 Å². The van der Waals surface area contributed by atoms with Gasteiger partial charge in [0.2, 0.25) is 0 Å². The van der Waals surface area contributed by atoms with Crippen LogP contribution in [-0.4, -0.2) is 33.4 Å². The van der Waals surface area contributed by atoms with Crippen LogP contribution in [0, 0.1) is 0 Å². The van der Waals surface area contributed by atoms with Crippen molar-refractivity contribution >= 4 is 11.7 Å². The summed E-state index contributed by atoms with van der Waals surface area (Å²) in [6, 6.07) is 0.358. The summed E-state index contributed by atoms with van der Waals surface area (Å²) in [5, 5.41) is 0. The van der Waals surface area contributed by atoms with Crippen LogP contribution in [0.4, 0.5) is 5.82 Å². The highest BCUT2D eigenvalue weighted by Crippen LogP contribution is 2.24. The van der Waals surface area contributed by atoms with Crippen molar-refractivity contribution in [2.45, 2.75) is 38.6 Å². The zero-order chi connectivity index (χ0) is 13.0. The molecular formula is C12H19N5O. The largest absolute Gasteiger partial charge is 0.335 e. The van der Waals surface area contributed by atoms with Gasteiger partial charge in [0.25, 0.3) is 5.91 Å². The Hall–Kier alpha value is -1.69. The van der Waals surface area contributed by atoms with Crippen LogP contribution in [0.1, 0.15) is 43.1 Å². The number of nitrogen functional groups attached to an aromatic ring is 1. The maximum absolute atomic E-state index is 12.3. The van der Waals surface area contributed by atoms with Crippen LogP contribution in [0.15, 0.2) is 12.4 Å². The first kappa shape index (κ1) is 12.8. The predicted octanol–water partition coefficient (Wildman–Crippen LogP) is 1.17. The summed E-state index contributed by atoms with van der Waals surface area (Å²) in [7, 11) is 0. The van der Waals surface area contributed by atoms with Gasteiger partial charge in [0.15, 0.2) is 5.82 Å². The molecule has 0 aliphatic heterocycles. The van der Waals surface area contributed by atoms with Gasteiger partial charge >= 0.3 is 0 Å². The first-order valence-electron chi connectivity index (χ1n) is 6.36. The van der Waals surface area contributed by atoms with Crippen LogP contribution in [0.5, 0.6) is 0 Å². The molecule has 1 aromatic rings. The molecule has 0 bridgehead atoms. The first-order valence-corrected chi connectivity index (χ1v) is 6.36. The molecule has 1 aromatic heterocycles. The molecule has 1 heterocycles. The molecule has 1 saturated carbocycles. The molecule has 98 valence electrons. The second kappa shape index (κ2) is 5.77. The fraction of sp³-hybridized carbons (Fsp3) is 0.583. The summed E-state index contributed by atoms with van der Waals surface area (Å²) in [4.78, 5) is 22.3. The molecule has 0 unspecified atom stereocenters. The van der Waals surface area contributed by atoms with Gasteiger partial charge in [-0.15, -0.1) is 0 Å². The Morgan fingerprint density at radius 2 is 2.17 bits per heavy atom. The van der Waals surface area contributed by atoms with E-state index in [9.17, 15) is 4.79 Å². The van der Waals surface area contributed by atoms with Gasteiger partial charge in [0, 0.05) is 12.6 Å². The number of aromatic nitrogens is 2. The third-order valence-corrected chi connectivity index (χ3v) is 3.39. The van der Waals surface area contributed by atoms with E-state index in [1.54, 1.807) is 0 Å². The number of rotatable bonds is 4. The van der Waals surface area contributed by atoms with Crippen molar-refractivity contribution in [1.29, 1.82) is 0 Å². The first-order chi connectivity index (χ1) is 8.76. The number of amides is 1. The number of carbonyl (C=O) groups is 1. The van der Waals surface area contributed by atoms with E-state index in [-0.39, 0.29) is 5.91 Å². The normalized spacial score (nSPS) is 15.7. The average Bonchev–Trinajstić information content (AvgIpc) is 2.93. The SMILES string of the molecule is CCN(C(=O)c1cnc(NN)cn1)C1CCCC1. The van der Waals surface area contributed by atoms with Gasteiger partial charge in [-0.1, -0.05) is 12.8 Å². The standard InChI is InChI=1S/C12H19N5O/c1-2-17(9-5-3-4-6-9)12(18)10-7-15-11(16-13)8-14-10/h7-9H,2-6,13H2,1H3,(H,15,16). The van der Waals surface area contributed by atoms with E-state index in [0.29, 0.717) is 24.1 Å². The minimum absolute atomic E-state index is 0.0412. The third-order valence-electron chi connectivity index (χ3n) is 3.39. The van der Waals surface area contributed by atoms with Crippen molar-refractivity contribution in [3.05, 3.63) is 18.1 Å². The van der Waals surface area contributed by atoms with E-state index in [2.05, 4.69) is 15.4 Å². The topological polar surface area (TPSA) is 84.1 Å². The molecule has 0 spiro atoms. The number of nitrogens with one attached hydrogen (secondary N) is 1. The minimum Gasteiger partial charge on any atom is -0.335 e. The molecule has 6 heteroatoms. The van der Waals surface area contributed by atoms with Gasteiger partial charge < -0.3 is 10.3 Å². The molecule has 0 atom stereocenters. The van der Waals surface area contributed by atoms with E-state index >= 15 is 0 Å². The summed E-state index contributed by atoms with van der Waals surface area (Å²) in [5.74, 6) is 5.63. The minimum atomic E-state index is -0.0412. The molecule has 1 aliphatic carbocycles. The maximum Gasteiger partial charge on any atom is 0.274 e. The molecule has 2 rings (SSSR count). The fourth-order valence-corrected chi connectivity index (χ4v) is 2.44. The Morgan fingerprint density at radius 1 is 1.44 bits per heavy atom. The summed E-state index contributed by atoms with van der Waals surface area (Å²) in [6.07, 6.45) is 7.53. The Labute approximate surface area is 107 Å². The summed E-state index contributed by atoms with van der Waals surface area (Å²) >= 11 is 0. The van der Waals surface area contributed by atoms with Gasteiger partial charge in [-0.05, 0) is 19.8 Å². The van der Waals surface area contributed by atoms with Crippen LogP contribution in [0.2, 0.25) is 0 Å². The lowest BCUT2D eigenvalue weighted by atomic mass is 10.2. The van der Waals surface area contributed by atoms with Gasteiger partial charge in [-0.3, -0.25) is 4.79 Å². The number of hydrogen-bond donors (Lipinski definition) is 2. The van der Waals surface area contributed by atoms with E-state index < -0.39 is 0 Å². The molecule has 0 aromatic carbocycles. The highest BCUT2D eigenvalue weighted by atomic mass is 16.2. The van der Waals surface area contributed by atoms with Gasteiger partial charge in [0.05, 0.1) is 12.4 Å². The van der Waals surface area contributed by atoms with Crippen LogP contribution < -0.4 is 11.3 Å². The number of hydrogen-bond acceptors (Lipinski definition) is 5. The van der Waals surface area contributed by atoms with Crippen molar-refractivity contribution in [2.24, 2.45) is 5.84 Å². The molecule has 0 radical (unpaired) electrons. The van der Waals surface area contributed by atoms with Crippen LogP contribution in [-0.2, 0) is 0 Å². The fourth-order valence-electron chi connectivity index (χ4n) is 2.44. The Kier molecular flexibility index (Phi) is 4.09. The van der Waals surface area contributed by atoms with Gasteiger partial charge in [-0.25, -0.2) is 15.8 Å². The monoisotopic (exact) mass is 249 g/mol. The molecule has 1 aliphatic rings. The highest BCUT2D eigenvalue weighted by molar-refractivity contribution is 5.92. The Morgan fingerprint density at radius 3 is 2.67 bits per heavy atom. The second-order valence-electron chi connectivity index (χ2n) is 4.46. The number of nitrogens with two attached hydrogens (primary N) is 1. The Bertz CT molecular complexity index is 399. The van der Waals surface area contributed by atoms with E-state index in [0.717, 1.165) is 12.8 Å². The van der Waals surface area contributed by atoms with Gasteiger partial charge in [-0.2, -0.15) is 0 Å². The van der Waals surface area contributed by atoms with Crippen molar-refractivity contribution in [2.75, 3.05) is 12.0 Å². The van der Waals surface area contributed by atoms with Crippen LogP contribution in [0.25, 0.3) is 0 Å². The lowest BCUT2D eigenvalue weighted by molar-refractivity contribution is 0.0687. The number of carbonyl (C=O) groups excluding carboxylic acids is 1. The molecule has 1 amide bonds.